The van der Waals surface area contributed by atoms with Crippen molar-refractivity contribution >= 4 is 50.8 Å². The van der Waals surface area contributed by atoms with Gasteiger partial charge in [-0.1, -0.05) is 41.4 Å². The average molecular weight is 521 g/mol. The maximum Gasteiger partial charge on any atom is 0.175 e. The zero-order valence-electron chi connectivity index (χ0n) is 16.5. The summed E-state index contributed by atoms with van der Waals surface area (Å²) in [6, 6.07) is 16.8. The van der Waals surface area contributed by atoms with Crippen LogP contribution in [0.1, 0.15) is 23.6 Å². The highest BCUT2D eigenvalue weighted by atomic mass is 79.9. The van der Waals surface area contributed by atoms with Crippen LogP contribution in [0.4, 0.5) is 4.39 Å². The second-order valence-corrected chi connectivity index (χ2v) is 8.17. The van der Waals surface area contributed by atoms with Gasteiger partial charge in [-0.25, -0.2) is 4.39 Å². The highest BCUT2D eigenvalue weighted by molar-refractivity contribution is 9.10. The standard InChI is InChI=1S/C24H17BrCl2FNO2/c1-2-30-23-10-15(8-18(13-29)16-4-3-5-20(28)11-16)9-21(25)24(23)31-14-17-6-7-19(26)12-22(17)27/h3-12H,2,14H2,1H3/b18-8-. The predicted octanol–water partition coefficient (Wildman–Crippen LogP) is 7.94. The molecule has 3 rings (SSSR count). The molecule has 0 N–H and O–H groups in total. The maximum absolute atomic E-state index is 13.6. The molecule has 0 amide bonds. The molecule has 0 unspecified atom stereocenters. The van der Waals surface area contributed by atoms with Gasteiger partial charge in [-0.3, -0.25) is 0 Å². The summed E-state index contributed by atoms with van der Waals surface area (Å²) in [6.45, 7) is 2.51. The Hall–Kier alpha value is -2.52. The molecule has 0 aliphatic rings. The Labute approximate surface area is 198 Å². The van der Waals surface area contributed by atoms with E-state index >= 15 is 0 Å². The summed E-state index contributed by atoms with van der Waals surface area (Å²) in [5.74, 6) is 0.610. The molecule has 31 heavy (non-hydrogen) atoms. The fourth-order valence-electron chi connectivity index (χ4n) is 2.87. The number of ether oxygens (including phenoxy) is 2. The summed E-state index contributed by atoms with van der Waals surface area (Å²) in [4.78, 5) is 0. The molecule has 0 aromatic heterocycles. The van der Waals surface area contributed by atoms with Crippen molar-refractivity contribution in [3.05, 3.63) is 91.6 Å². The van der Waals surface area contributed by atoms with E-state index in [1.807, 2.05) is 6.92 Å². The third kappa shape index (κ3) is 6.01. The quantitative estimate of drug-likeness (QED) is 0.234. The van der Waals surface area contributed by atoms with E-state index in [9.17, 15) is 9.65 Å². The van der Waals surface area contributed by atoms with Crippen LogP contribution < -0.4 is 9.47 Å². The molecule has 3 nitrogen and oxygen atoms in total. The fraction of sp³-hybridized carbons (Fsp3) is 0.125. The molecule has 0 spiro atoms. The number of nitriles is 1. The molecule has 0 aliphatic heterocycles. The van der Waals surface area contributed by atoms with Crippen molar-refractivity contribution in [1.29, 1.82) is 5.26 Å². The Morgan fingerprint density at radius 1 is 1.13 bits per heavy atom. The van der Waals surface area contributed by atoms with Crippen LogP contribution in [0.2, 0.25) is 10.0 Å². The summed E-state index contributed by atoms with van der Waals surface area (Å²) >= 11 is 15.7. The molecule has 0 saturated heterocycles. The Balaban J connectivity index is 1.93. The van der Waals surface area contributed by atoms with E-state index in [-0.39, 0.29) is 6.61 Å². The monoisotopic (exact) mass is 519 g/mol. The zero-order valence-corrected chi connectivity index (χ0v) is 19.6. The lowest BCUT2D eigenvalue weighted by Gasteiger charge is -2.15. The van der Waals surface area contributed by atoms with Crippen LogP contribution in [0.15, 0.2) is 59.1 Å². The van der Waals surface area contributed by atoms with Gasteiger partial charge >= 0.3 is 0 Å². The topological polar surface area (TPSA) is 42.2 Å². The number of hydrogen-bond acceptors (Lipinski definition) is 3. The van der Waals surface area contributed by atoms with Crippen molar-refractivity contribution in [2.75, 3.05) is 6.61 Å². The van der Waals surface area contributed by atoms with E-state index in [0.29, 0.717) is 49.3 Å². The van der Waals surface area contributed by atoms with Gasteiger partial charge in [0.1, 0.15) is 12.4 Å². The van der Waals surface area contributed by atoms with Crippen molar-refractivity contribution in [3.63, 3.8) is 0 Å². The molecule has 0 fully saturated rings. The van der Waals surface area contributed by atoms with Crippen LogP contribution in [-0.4, -0.2) is 6.61 Å². The van der Waals surface area contributed by atoms with Crippen LogP contribution in [-0.2, 0) is 6.61 Å². The van der Waals surface area contributed by atoms with Gasteiger partial charge in [0.05, 0.1) is 22.7 Å². The number of halogens is 4. The Kier molecular flexibility index (Phi) is 7.97. The summed E-state index contributed by atoms with van der Waals surface area (Å²) in [7, 11) is 0. The molecule has 0 bridgehead atoms. The van der Waals surface area contributed by atoms with Crippen molar-refractivity contribution < 1.29 is 13.9 Å². The number of rotatable bonds is 7. The lowest BCUT2D eigenvalue weighted by molar-refractivity contribution is 0.267. The molecule has 0 heterocycles. The average Bonchev–Trinajstić information content (AvgIpc) is 2.73. The minimum Gasteiger partial charge on any atom is -0.490 e. The van der Waals surface area contributed by atoms with Gasteiger partial charge in [-0.05, 0) is 76.5 Å². The third-order valence-electron chi connectivity index (χ3n) is 4.29. The molecular weight excluding hydrogens is 504 g/mol. The van der Waals surface area contributed by atoms with E-state index in [4.69, 9.17) is 32.7 Å². The van der Waals surface area contributed by atoms with Crippen LogP contribution >= 0.6 is 39.1 Å². The molecule has 3 aromatic rings. The first-order chi connectivity index (χ1) is 14.9. The normalized spacial score (nSPS) is 11.2. The van der Waals surface area contributed by atoms with E-state index in [2.05, 4.69) is 22.0 Å². The molecule has 0 atom stereocenters. The molecule has 0 saturated carbocycles. The molecular formula is C24H17BrCl2FNO2. The lowest BCUT2D eigenvalue weighted by Crippen LogP contribution is -2.01. The SMILES string of the molecule is CCOc1cc(/C=C(/C#N)c2cccc(F)c2)cc(Br)c1OCc1ccc(Cl)cc1Cl. The predicted molar refractivity (Wildman–Crippen MR) is 126 cm³/mol. The van der Waals surface area contributed by atoms with Gasteiger partial charge < -0.3 is 9.47 Å². The number of hydrogen-bond donors (Lipinski definition) is 0. The van der Waals surface area contributed by atoms with Crippen molar-refractivity contribution in [3.8, 4) is 17.6 Å². The summed E-state index contributed by atoms with van der Waals surface area (Å²) in [6.07, 6.45) is 1.67. The summed E-state index contributed by atoms with van der Waals surface area (Å²) in [5.41, 5.74) is 2.31. The van der Waals surface area contributed by atoms with Gasteiger partial charge in [0.2, 0.25) is 0 Å². The lowest BCUT2D eigenvalue weighted by atomic mass is 10.0. The van der Waals surface area contributed by atoms with Gasteiger partial charge in [0.15, 0.2) is 11.5 Å². The van der Waals surface area contributed by atoms with Gasteiger partial charge in [0.25, 0.3) is 0 Å². The summed E-state index contributed by atoms with van der Waals surface area (Å²) in [5, 5.41) is 10.6. The highest BCUT2D eigenvalue weighted by Gasteiger charge is 2.14. The number of allylic oxidation sites excluding steroid dienone is 1. The van der Waals surface area contributed by atoms with Gasteiger partial charge in [-0.15, -0.1) is 0 Å². The minimum atomic E-state index is -0.403. The number of benzene rings is 3. The maximum atomic E-state index is 13.6. The first-order valence-corrected chi connectivity index (χ1v) is 10.9. The molecule has 3 aromatic carbocycles. The largest absolute Gasteiger partial charge is 0.490 e. The first kappa shape index (κ1) is 23.1. The molecule has 7 heteroatoms. The van der Waals surface area contributed by atoms with E-state index < -0.39 is 5.82 Å². The van der Waals surface area contributed by atoms with E-state index in [1.54, 1.807) is 48.5 Å². The van der Waals surface area contributed by atoms with Gasteiger partial charge in [-0.2, -0.15) is 5.26 Å². The van der Waals surface area contributed by atoms with Crippen LogP contribution in [0.3, 0.4) is 0 Å². The highest BCUT2D eigenvalue weighted by Crippen LogP contribution is 2.39. The Morgan fingerprint density at radius 3 is 2.61 bits per heavy atom. The van der Waals surface area contributed by atoms with E-state index in [1.165, 1.54) is 12.1 Å². The number of nitrogens with zero attached hydrogens (tertiary/aromatic N) is 1. The molecule has 0 radical (unpaired) electrons. The minimum absolute atomic E-state index is 0.219. The van der Waals surface area contributed by atoms with Crippen LogP contribution in [0, 0.1) is 17.1 Å². The van der Waals surface area contributed by atoms with Crippen LogP contribution in [0.25, 0.3) is 11.6 Å². The van der Waals surface area contributed by atoms with Crippen molar-refractivity contribution in [2.45, 2.75) is 13.5 Å². The second-order valence-electron chi connectivity index (χ2n) is 6.47. The third-order valence-corrected chi connectivity index (χ3v) is 5.46. The second kappa shape index (κ2) is 10.7. The smallest absolute Gasteiger partial charge is 0.175 e. The van der Waals surface area contributed by atoms with E-state index in [0.717, 1.165) is 5.56 Å². The van der Waals surface area contributed by atoms with Crippen molar-refractivity contribution in [2.24, 2.45) is 0 Å². The van der Waals surface area contributed by atoms with Gasteiger partial charge in [0, 0.05) is 15.6 Å². The van der Waals surface area contributed by atoms with Crippen LogP contribution in [0.5, 0.6) is 11.5 Å². The Bertz CT molecular complexity index is 1170. The fourth-order valence-corrected chi connectivity index (χ4v) is 3.90. The first-order valence-electron chi connectivity index (χ1n) is 9.32. The summed E-state index contributed by atoms with van der Waals surface area (Å²) < 4.78 is 25.9. The Morgan fingerprint density at radius 2 is 1.94 bits per heavy atom. The molecule has 0 aliphatic carbocycles. The van der Waals surface area contributed by atoms with Crippen molar-refractivity contribution in [1.82, 2.24) is 0 Å². The molecule has 158 valence electrons. The zero-order chi connectivity index (χ0) is 22.4.